The summed E-state index contributed by atoms with van der Waals surface area (Å²) in [4.78, 5) is 11.6. The van der Waals surface area contributed by atoms with Crippen molar-refractivity contribution in [2.75, 3.05) is 7.05 Å². The first-order valence-corrected chi connectivity index (χ1v) is 10.9. The first kappa shape index (κ1) is 23.4. The summed E-state index contributed by atoms with van der Waals surface area (Å²) in [6.07, 6.45) is 22.0. The third-order valence-corrected chi connectivity index (χ3v) is 4.99. The number of hydrogen-bond donors (Lipinski definition) is 1. The van der Waals surface area contributed by atoms with Gasteiger partial charge in [-0.2, -0.15) is 0 Å². The normalized spacial score (nSPS) is 11.2. The summed E-state index contributed by atoms with van der Waals surface area (Å²) < 4.78 is 0. The molecule has 0 saturated heterocycles. The lowest BCUT2D eigenvalue weighted by Crippen LogP contribution is -2.22. The number of hydrogen-bond acceptors (Lipinski definition) is 2. The number of allylic oxidation sites excluding steroid dienone is 1. The van der Waals surface area contributed by atoms with Crippen molar-refractivity contribution in [1.29, 1.82) is 0 Å². The maximum absolute atomic E-state index is 11.6. The largest absolute Gasteiger partial charge is 0.286 e. The van der Waals surface area contributed by atoms with Crippen molar-refractivity contribution in [2.24, 2.45) is 0 Å². The second-order valence-electron chi connectivity index (χ2n) is 7.53. The van der Waals surface area contributed by atoms with E-state index in [1.54, 1.807) is 12.1 Å². The molecule has 0 bridgehead atoms. The van der Waals surface area contributed by atoms with Crippen LogP contribution in [0.25, 0.3) is 6.08 Å². The molecule has 1 N–H and O–H groups in total. The Kier molecular flexibility index (Phi) is 13.4. The van der Waals surface area contributed by atoms with Crippen molar-refractivity contribution in [3.05, 3.63) is 41.5 Å². The highest BCUT2D eigenvalue weighted by Gasteiger charge is 2.07. The average molecular weight is 374 g/mol. The third-order valence-electron chi connectivity index (χ3n) is 4.99. The molecule has 3 nitrogen and oxygen atoms in total. The molecule has 1 rings (SSSR count). The number of carbonyl (C=O) groups excluding carboxylic acids is 1. The first-order chi connectivity index (χ1) is 13.1. The minimum Gasteiger partial charge on any atom is -0.286 e. The van der Waals surface area contributed by atoms with Gasteiger partial charge in [0.15, 0.2) is 0 Å². The summed E-state index contributed by atoms with van der Waals surface area (Å²) in [7, 11) is 1.34. The molecule has 0 radical (unpaired) electrons. The SMILES string of the molecule is CCCCCCCCCCCCCCC=Cc1ccc(C(=O)N(C)O)cc1. The fraction of sp³-hybridized carbons (Fsp3) is 0.625. The minimum atomic E-state index is -0.387. The summed E-state index contributed by atoms with van der Waals surface area (Å²) in [5, 5.41) is 9.77. The molecule has 27 heavy (non-hydrogen) atoms. The molecule has 1 aromatic carbocycles. The predicted molar refractivity (Wildman–Crippen MR) is 115 cm³/mol. The van der Waals surface area contributed by atoms with Crippen LogP contribution >= 0.6 is 0 Å². The lowest BCUT2D eigenvalue weighted by Gasteiger charge is -2.07. The molecule has 0 aliphatic carbocycles. The van der Waals surface area contributed by atoms with E-state index in [9.17, 15) is 4.79 Å². The Morgan fingerprint density at radius 2 is 1.33 bits per heavy atom. The van der Waals surface area contributed by atoms with E-state index in [0.29, 0.717) is 10.6 Å². The third kappa shape index (κ3) is 11.7. The van der Waals surface area contributed by atoms with Crippen LogP contribution in [0.3, 0.4) is 0 Å². The van der Waals surface area contributed by atoms with Crippen molar-refractivity contribution in [3.63, 3.8) is 0 Å². The number of unbranched alkanes of at least 4 members (excludes halogenated alkanes) is 12. The minimum absolute atomic E-state index is 0.387. The highest BCUT2D eigenvalue weighted by Crippen LogP contribution is 2.13. The highest BCUT2D eigenvalue weighted by atomic mass is 16.5. The maximum Gasteiger partial charge on any atom is 0.276 e. The predicted octanol–water partition coefficient (Wildman–Crippen LogP) is 7.25. The fourth-order valence-corrected chi connectivity index (χ4v) is 3.25. The van der Waals surface area contributed by atoms with Gasteiger partial charge in [0.05, 0.1) is 0 Å². The van der Waals surface area contributed by atoms with E-state index in [2.05, 4.69) is 19.1 Å². The van der Waals surface area contributed by atoms with Gasteiger partial charge in [-0.3, -0.25) is 10.0 Å². The zero-order chi connectivity index (χ0) is 19.7. The van der Waals surface area contributed by atoms with Crippen LogP contribution in [0.2, 0.25) is 0 Å². The van der Waals surface area contributed by atoms with Crippen LogP contribution in [0.4, 0.5) is 0 Å². The standard InChI is InChI=1S/C24H39NO2/c1-3-4-5-6-7-8-9-10-11-12-13-14-15-16-17-22-18-20-23(21-19-22)24(26)25(2)27/h16-21,27H,3-15H2,1-2H3. The second-order valence-corrected chi connectivity index (χ2v) is 7.53. The second kappa shape index (κ2) is 15.4. The van der Waals surface area contributed by atoms with Gasteiger partial charge in [0.1, 0.15) is 0 Å². The Morgan fingerprint density at radius 3 is 1.81 bits per heavy atom. The molecular formula is C24H39NO2. The fourth-order valence-electron chi connectivity index (χ4n) is 3.25. The van der Waals surface area contributed by atoms with Gasteiger partial charge in [-0.15, -0.1) is 0 Å². The topological polar surface area (TPSA) is 40.5 Å². The van der Waals surface area contributed by atoms with Gasteiger partial charge in [-0.1, -0.05) is 102 Å². The van der Waals surface area contributed by atoms with Gasteiger partial charge in [-0.25, -0.2) is 5.06 Å². The maximum atomic E-state index is 11.6. The molecule has 0 spiro atoms. The zero-order valence-electron chi connectivity index (χ0n) is 17.5. The van der Waals surface area contributed by atoms with Crippen LogP contribution in [0.1, 0.15) is 106 Å². The van der Waals surface area contributed by atoms with Gasteiger partial charge in [-0.05, 0) is 30.5 Å². The Morgan fingerprint density at radius 1 is 0.852 bits per heavy atom. The van der Waals surface area contributed by atoms with E-state index >= 15 is 0 Å². The molecule has 0 saturated carbocycles. The van der Waals surface area contributed by atoms with E-state index < -0.39 is 0 Å². The van der Waals surface area contributed by atoms with E-state index in [0.717, 1.165) is 12.0 Å². The van der Waals surface area contributed by atoms with Crippen LogP contribution in [0, 0.1) is 0 Å². The lowest BCUT2D eigenvalue weighted by molar-refractivity contribution is -0.0374. The Bertz CT molecular complexity index is 520. The summed E-state index contributed by atoms with van der Waals surface area (Å²) in [6, 6.07) is 7.32. The molecule has 0 fully saturated rings. The molecule has 1 amide bonds. The van der Waals surface area contributed by atoms with Gasteiger partial charge in [0.2, 0.25) is 0 Å². The molecule has 0 aromatic heterocycles. The number of amides is 1. The van der Waals surface area contributed by atoms with E-state index in [-0.39, 0.29) is 5.91 Å². The van der Waals surface area contributed by atoms with Crippen molar-refractivity contribution >= 4 is 12.0 Å². The number of rotatable bonds is 15. The molecule has 1 aromatic rings. The molecule has 152 valence electrons. The van der Waals surface area contributed by atoms with E-state index in [4.69, 9.17) is 5.21 Å². The number of benzene rings is 1. The summed E-state index contributed by atoms with van der Waals surface area (Å²) in [5.41, 5.74) is 1.59. The average Bonchev–Trinajstić information content (AvgIpc) is 2.68. The molecular weight excluding hydrogens is 334 g/mol. The van der Waals surface area contributed by atoms with Crippen molar-refractivity contribution < 1.29 is 10.0 Å². The van der Waals surface area contributed by atoms with Crippen LogP contribution < -0.4 is 0 Å². The summed E-state index contributed by atoms with van der Waals surface area (Å²) in [6.45, 7) is 2.27. The highest BCUT2D eigenvalue weighted by molar-refractivity contribution is 5.93. The molecule has 3 heteroatoms. The molecule has 0 heterocycles. The number of carbonyl (C=O) groups is 1. The van der Waals surface area contributed by atoms with Gasteiger partial charge in [0.25, 0.3) is 5.91 Å². The summed E-state index contributed by atoms with van der Waals surface area (Å²) in [5.74, 6) is -0.387. The number of nitrogens with zero attached hydrogens (tertiary/aromatic N) is 1. The molecule has 0 aliphatic rings. The Balaban J connectivity index is 1.99. The Hall–Kier alpha value is -1.61. The lowest BCUT2D eigenvalue weighted by atomic mass is 10.0. The summed E-state index contributed by atoms with van der Waals surface area (Å²) >= 11 is 0. The molecule has 0 unspecified atom stereocenters. The Labute approximate surface area is 166 Å². The number of hydroxylamine groups is 2. The van der Waals surface area contributed by atoms with Crippen LogP contribution in [0.5, 0.6) is 0 Å². The van der Waals surface area contributed by atoms with Crippen molar-refractivity contribution in [3.8, 4) is 0 Å². The first-order valence-electron chi connectivity index (χ1n) is 10.9. The van der Waals surface area contributed by atoms with Crippen LogP contribution in [-0.2, 0) is 0 Å². The van der Waals surface area contributed by atoms with E-state index in [1.807, 2.05) is 12.1 Å². The smallest absolute Gasteiger partial charge is 0.276 e. The van der Waals surface area contributed by atoms with Gasteiger partial charge >= 0.3 is 0 Å². The quantitative estimate of drug-likeness (QED) is 0.200. The zero-order valence-corrected chi connectivity index (χ0v) is 17.5. The van der Waals surface area contributed by atoms with Crippen LogP contribution in [-0.4, -0.2) is 23.2 Å². The van der Waals surface area contributed by atoms with E-state index in [1.165, 1.54) is 84.1 Å². The van der Waals surface area contributed by atoms with Crippen molar-refractivity contribution in [2.45, 2.75) is 90.4 Å². The van der Waals surface area contributed by atoms with Crippen molar-refractivity contribution in [1.82, 2.24) is 5.06 Å². The molecule has 0 atom stereocenters. The van der Waals surface area contributed by atoms with Gasteiger partial charge in [0, 0.05) is 12.6 Å². The molecule has 0 aliphatic heterocycles. The van der Waals surface area contributed by atoms with Gasteiger partial charge < -0.3 is 0 Å². The monoisotopic (exact) mass is 373 g/mol. The van der Waals surface area contributed by atoms with Crippen LogP contribution in [0.15, 0.2) is 30.3 Å².